The number of nitrogens with one attached hydrogen (secondary N) is 1. The lowest BCUT2D eigenvalue weighted by Gasteiger charge is -2.10. The van der Waals surface area contributed by atoms with Gasteiger partial charge in [-0.05, 0) is 52.7 Å². The van der Waals surface area contributed by atoms with Crippen molar-refractivity contribution in [3.05, 3.63) is 48.5 Å². The van der Waals surface area contributed by atoms with E-state index < -0.39 is 0 Å². The number of amidine groups is 1. The first kappa shape index (κ1) is 16.0. The number of nitrogens with two attached hydrogens (primary N) is 1. The van der Waals surface area contributed by atoms with Crippen molar-refractivity contribution in [3.63, 3.8) is 0 Å². The molecule has 0 aliphatic heterocycles. The highest BCUT2D eigenvalue weighted by Crippen LogP contribution is 2.28. The van der Waals surface area contributed by atoms with Gasteiger partial charge in [-0.1, -0.05) is 21.1 Å². The van der Waals surface area contributed by atoms with Crippen molar-refractivity contribution in [2.45, 2.75) is 6.92 Å². The zero-order chi connectivity index (χ0) is 15.6. The molecule has 2 aromatic rings. The highest BCUT2D eigenvalue weighted by Gasteiger charge is 2.15. The molecule has 8 heteroatoms. The zero-order valence-corrected chi connectivity index (χ0v) is 14.8. The number of aryl methyl sites for hydroxylation is 1. The molecule has 0 spiro atoms. The minimum atomic E-state index is -0.247. The topological polar surface area (TPSA) is 87.7 Å². The molecule has 0 fully saturated rings. The minimum absolute atomic E-state index is 0.0739. The van der Waals surface area contributed by atoms with Gasteiger partial charge in [0.1, 0.15) is 0 Å². The molecule has 0 aliphatic carbocycles. The minimum Gasteiger partial charge on any atom is -0.409 e. The van der Waals surface area contributed by atoms with Gasteiger partial charge in [-0.3, -0.25) is 4.79 Å². The van der Waals surface area contributed by atoms with Crippen molar-refractivity contribution in [2.24, 2.45) is 10.9 Å². The smallest absolute Gasteiger partial charge is 0.265 e. The Morgan fingerprint density at radius 3 is 2.67 bits per heavy atom. The molecule has 1 heterocycles. The molecule has 5 nitrogen and oxygen atoms in total. The Bertz CT molecular complexity index is 709. The number of rotatable bonds is 3. The molecule has 110 valence electrons. The Morgan fingerprint density at radius 1 is 1.38 bits per heavy atom. The molecule has 1 aromatic heterocycles. The zero-order valence-electron chi connectivity index (χ0n) is 10.9. The van der Waals surface area contributed by atoms with E-state index in [9.17, 15) is 4.79 Å². The van der Waals surface area contributed by atoms with Crippen LogP contribution in [0.2, 0.25) is 0 Å². The maximum Gasteiger partial charge on any atom is 0.265 e. The molecule has 21 heavy (non-hydrogen) atoms. The van der Waals surface area contributed by atoms with Crippen molar-refractivity contribution in [1.29, 1.82) is 0 Å². The van der Waals surface area contributed by atoms with Gasteiger partial charge in [-0.15, -0.1) is 11.3 Å². The Labute approximate surface area is 142 Å². The van der Waals surface area contributed by atoms with Gasteiger partial charge < -0.3 is 16.3 Å². The van der Waals surface area contributed by atoms with E-state index in [1.807, 2.05) is 6.92 Å². The number of anilines is 1. The summed E-state index contributed by atoms with van der Waals surface area (Å²) in [5, 5.41) is 14.6. The van der Waals surface area contributed by atoms with E-state index >= 15 is 0 Å². The van der Waals surface area contributed by atoms with Crippen LogP contribution >= 0.6 is 43.2 Å². The highest BCUT2D eigenvalue weighted by atomic mass is 79.9. The normalized spacial score (nSPS) is 11.5. The average molecular weight is 433 g/mol. The predicted octanol–water partition coefficient (Wildman–Crippen LogP) is 3.93. The van der Waals surface area contributed by atoms with Gasteiger partial charge in [0.15, 0.2) is 5.84 Å². The number of hydrogen-bond donors (Lipinski definition) is 3. The Morgan fingerprint density at radius 2 is 2.10 bits per heavy atom. The van der Waals surface area contributed by atoms with E-state index in [2.05, 4.69) is 42.3 Å². The summed E-state index contributed by atoms with van der Waals surface area (Å²) < 4.78 is 1.68. The molecule has 0 saturated carbocycles. The Kier molecular flexibility index (Phi) is 5.02. The van der Waals surface area contributed by atoms with E-state index in [-0.39, 0.29) is 11.7 Å². The first-order valence-electron chi connectivity index (χ1n) is 5.77. The molecule has 0 bridgehead atoms. The van der Waals surface area contributed by atoms with Crippen molar-refractivity contribution >= 4 is 60.6 Å². The van der Waals surface area contributed by atoms with E-state index in [0.29, 0.717) is 16.1 Å². The number of carbonyl (C=O) groups is 1. The molecule has 0 atom stereocenters. The van der Waals surface area contributed by atoms with Gasteiger partial charge in [0.25, 0.3) is 5.91 Å². The van der Waals surface area contributed by atoms with Crippen LogP contribution in [0, 0.1) is 6.92 Å². The molecule has 0 saturated heterocycles. The fourth-order valence-corrected chi connectivity index (χ4v) is 3.44. The maximum absolute atomic E-state index is 12.3. The fourth-order valence-electron chi connectivity index (χ4n) is 1.65. The molecule has 0 unspecified atom stereocenters. The third-order valence-corrected chi connectivity index (χ3v) is 5.32. The van der Waals surface area contributed by atoms with E-state index in [0.717, 1.165) is 13.8 Å². The van der Waals surface area contributed by atoms with E-state index in [1.54, 1.807) is 24.3 Å². The lowest BCUT2D eigenvalue weighted by molar-refractivity contribution is 0.103. The number of carbonyl (C=O) groups excluding carboxylic acids is 1. The summed E-state index contributed by atoms with van der Waals surface area (Å²) in [4.78, 5) is 12.8. The molecule has 1 aromatic carbocycles. The van der Waals surface area contributed by atoms with Gasteiger partial charge in [-0.2, -0.15) is 0 Å². The van der Waals surface area contributed by atoms with E-state index in [1.165, 1.54) is 11.3 Å². The number of thiophene rings is 1. The lowest BCUT2D eigenvalue weighted by Crippen LogP contribution is -2.18. The maximum atomic E-state index is 12.3. The van der Waals surface area contributed by atoms with Crippen molar-refractivity contribution in [3.8, 4) is 0 Å². The summed E-state index contributed by atoms with van der Waals surface area (Å²) >= 11 is 8.05. The monoisotopic (exact) mass is 431 g/mol. The Balaban J connectivity index is 2.33. The average Bonchev–Trinajstić information content (AvgIpc) is 2.80. The molecule has 4 N–H and O–H groups in total. The van der Waals surface area contributed by atoms with Crippen LogP contribution in [0.4, 0.5) is 5.69 Å². The summed E-state index contributed by atoms with van der Waals surface area (Å²) in [5.74, 6) is -0.321. The second-order valence-corrected chi connectivity index (χ2v) is 7.48. The molecule has 2 rings (SSSR count). The third kappa shape index (κ3) is 3.63. The second-order valence-electron chi connectivity index (χ2n) is 4.20. The van der Waals surface area contributed by atoms with Gasteiger partial charge in [-0.25, -0.2) is 0 Å². The standard InChI is InChI=1S/C13H11Br2N3O2S/c1-6-4-10(21-11(6)15)13(19)17-9-3-2-7(14)5-8(9)12(16)18-20/h2-5,20H,1H3,(H2,16,18)(H,17,19). The molecule has 0 radical (unpaired) electrons. The van der Waals surface area contributed by atoms with Crippen LogP contribution < -0.4 is 11.1 Å². The number of oxime groups is 1. The van der Waals surface area contributed by atoms with Crippen molar-refractivity contribution in [1.82, 2.24) is 0 Å². The highest BCUT2D eigenvalue weighted by molar-refractivity contribution is 9.11. The van der Waals surface area contributed by atoms with Crippen LogP contribution in [0.3, 0.4) is 0 Å². The first-order chi connectivity index (χ1) is 9.92. The summed E-state index contributed by atoms with van der Waals surface area (Å²) in [5.41, 5.74) is 7.54. The van der Waals surface area contributed by atoms with Crippen molar-refractivity contribution in [2.75, 3.05) is 5.32 Å². The summed E-state index contributed by atoms with van der Waals surface area (Å²) in [6.07, 6.45) is 0. The number of benzene rings is 1. The largest absolute Gasteiger partial charge is 0.409 e. The summed E-state index contributed by atoms with van der Waals surface area (Å²) in [7, 11) is 0. The number of nitrogens with zero attached hydrogens (tertiary/aromatic N) is 1. The molecule has 0 aliphatic rings. The molecular weight excluding hydrogens is 422 g/mol. The number of hydrogen-bond acceptors (Lipinski definition) is 4. The quantitative estimate of drug-likeness (QED) is 0.297. The van der Waals surface area contributed by atoms with Crippen LogP contribution in [0.25, 0.3) is 0 Å². The first-order valence-corrected chi connectivity index (χ1v) is 8.17. The number of amides is 1. The van der Waals surface area contributed by atoms with Gasteiger partial charge in [0.05, 0.1) is 14.4 Å². The van der Waals surface area contributed by atoms with Crippen LogP contribution in [0.5, 0.6) is 0 Å². The third-order valence-electron chi connectivity index (χ3n) is 2.69. The SMILES string of the molecule is Cc1cc(C(=O)Nc2ccc(Br)cc2/C(N)=N/O)sc1Br. The van der Waals surface area contributed by atoms with Gasteiger partial charge in [0.2, 0.25) is 0 Å². The lowest BCUT2D eigenvalue weighted by atomic mass is 10.1. The summed E-state index contributed by atoms with van der Waals surface area (Å²) in [6.45, 7) is 1.92. The summed E-state index contributed by atoms with van der Waals surface area (Å²) in [6, 6.07) is 6.91. The van der Waals surface area contributed by atoms with E-state index in [4.69, 9.17) is 10.9 Å². The van der Waals surface area contributed by atoms with Crippen molar-refractivity contribution < 1.29 is 10.0 Å². The van der Waals surface area contributed by atoms with Crippen LogP contribution in [-0.4, -0.2) is 17.0 Å². The van der Waals surface area contributed by atoms with Crippen LogP contribution in [0.1, 0.15) is 20.8 Å². The fraction of sp³-hybridized carbons (Fsp3) is 0.0769. The van der Waals surface area contributed by atoms with Gasteiger partial charge >= 0.3 is 0 Å². The number of halogens is 2. The molecule has 1 amide bonds. The van der Waals surface area contributed by atoms with Crippen LogP contribution in [0.15, 0.2) is 37.7 Å². The second kappa shape index (κ2) is 6.59. The molecular formula is C13H11Br2N3O2S. The predicted molar refractivity (Wildman–Crippen MR) is 91.4 cm³/mol. The van der Waals surface area contributed by atoms with Gasteiger partial charge in [0, 0.05) is 10.0 Å². The van der Waals surface area contributed by atoms with Crippen LogP contribution in [-0.2, 0) is 0 Å². The Hall–Kier alpha value is -1.38.